The first-order valence-corrected chi connectivity index (χ1v) is 35.6. The van der Waals surface area contributed by atoms with E-state index in [-0.39, 0.29) is 0 Å². The van der Waals surface area contributed by atoms with Crippen LogP contribution in [0, 0.1) is 17.4 Å². The predicted molar refractivity (Wildman–Crippen MR) is 180 cm³/mol. The molecule has 0 fully saturated rings. The maximum atomic E-state index is 11.8. The minimum atomic E-state index is -2.63. The second-order valence-electron chi connectivity index (χ2n) is 13.6. The van der Waals surface area contributed by atoms with Crippen molar-refractivity contribution < 1.29 is 5.11 Å². The fraction of sp³-hybridized carbons (Fsp3) is 0.939. The molecule has 2 atom stereocenters. The first-order valence-electron chi connectivity index (χ1n) is 16.7. The van der Waals surface area contributed by atoms with Crippen LogP contribution in [-0.2, 0) is 0 Å². The predicted octanol–water partition coefficient (Wildman–Crippen LogP) is 11.5. The van der Waals surface area contributed by atoms with Crippen molar-refractivity contribution in [3.63, 3.8) is 0 Å². The van der Waals surface area contributed by atoms with Gasteiger partial charge in [0.2, 0.25) is 0 Å². The molecule has 0 heterocycles. The Balaban J connectivity index is 7.21. The molecule has 4 heteroatoms. The molecule has 0 spiro atoms. The van der Waals surface area contributed by atoms with Crippen LogP contribution >= 0.6 is 0 Å². The molecule has 1 N–H and O–H groups in total. The molecule has 0 bridgehead atoms. The van der Waals surface area contributed by atoms with Gasteiger partial charge in [0.15, 0.2) is 0 Å². The summed E-state index contributed by atoms with van der Waals surface area (Å²) in [4.78, 5) is 0. The maximum absolute atomic E-state index is 11.8. The van der Waals surface area contributed by atoms with Crippen LogP contribution in [0.25, 0.3) is 0 Å². The van der Waals surface area contributed by atoms with Gasteiger partial charge in [0.1, 0.15) is 0 Å². The van der Waals surface area contributed by atoms with Crippen molar-refractivity contribution >= 4 is 44.8 Å². The van der Waals surface area contributed by atoms with Crippen molar-refractivity contribution in [2.24, 2.45) is 5.92 Å². The summed E-state index contributed by atoms with van der Waals surface area (Å²) in [7, 11) is -1.51. The van der Waals surface area contributed by atoms with Crippen molar-refractivity contribution in [3.8, 4) is 11.5 Å². The van der Waals surface area contributed by atoms with E-state index < -0.39 is 50.9 Å². The molecular formula is C33H70OSiSn2. The van der Waals surface area contributed by atoms with Gasteiger partial charge in [0.05, 0.1) is 0 Å². The zero-order valence-electron chi connectivity index (χ0n) is 27.4. The van der Waals surface area contributed by atoms with Gasteiger partial charge in [0, 0.05) is 0 Å². The molecule has 37 heavy (non-hydrogen) atoms. The zero-order chi connectivity index (χ0) is 28.4. The number of unbranched alkanes of at least 4 members (excludes halogenated alkanes) is 6. The van der Waals surface area contributed by atoms with Crippen LogP contribution in [0.2, 0.25) is 48.2 Å². The molecule has 220 valence electrons. The Kier molecular flexibility index (Phi) is 21.9. The SMILES string of the molecule is CCC[CH2][Sn]([CH2]CCC)([CH2]CCC)[CH]([C@H](C)[C@@H](O)C#C[Si](C)(C)C)[Sn]([CH2]CCC)([CH2]CCC)[CH2]CCC. The fourth-order valence-corrected chi connectivity index (χ4v) is 88.1. The zero-order valence-corrected chi connectivity index (χ0v) is 34.1. The Labute approximate surface area is 245 Å². The van der Waals surface area contributed by atoms with Crippen LogP contribution in [0.1, 0.15) is 126 Å². The molecule has 0 aromatic heterocycles. The average Bonchev–Trinajstić information content (AvgIpc) is 2.87. The average molecular weight is 748 g/mol. The van der Waals surface area contributed by atoms with E-state index in [0.29, 0.717) is 5.92 Å². The topological polar surface area (TPSA) is 20.2 Å². The summed E-state index contributed by atoms with van der Waals surface area (Å²) in [6, 6.07) is 0. The molecule has 0 radical (unpaired) electrons. The van der Waals surface area contributed by atoms with Gasteiger partial charge in [-0.1, -0.05) is 0 Å². The monoisotopic (exact) mass is 750 g/mol. The molecule has 0 aromatic carbocycles. The fourth-order valence-electron chi connectivity index (χ4n) is 7.23. The Hall–Kier alpha value is 1.33. The Morgan fingerprint density at radius 3 is 1.05 bits per heavy atom. The number of rotatable bonds is 22. The molecule has 0 aliphatic rings. The summed E-state index contributed by atoms with van der Waals surface area (Å²) in [5.41, 5.74) is 3.60. The Morgan fingerprint density at radius 2 is 0.838 bits per heavy atom. The third-order valence-corrected chi connectivity index (χ3v) is 67.1. The van der Waals surface area contributed by atoms with Crippen LogP contribution < -0.4 is 0 Å². The summed E-state index contributed by atoms with van der Waals surface area (Å²) in [6.45, 7) is 24.0. The second-order valence-corrected chi connectivity index (χ2v) is 50.8. The Morgan fingerprint density at radius 1 is 0.568 bits per heavy atom. The van der Waals surface area contributed by atoms with Crippen LogP contribution in [0.3, 0.4) is 0 Å². The standard InChI is InChI=1S/C9H16OSi.6C4H9.2Sn/c1-8(2)9(10)6-7-11(3,4)5;6*1-3-4-2;;/h1,8-10H,2-5H3;6*1,3-4H2,2H3;;/t8-,9+;;;;;;;;/m1......../s1. The molecule has 0 aromatic rings. The third kappa shape index (κ3) is 14.2. The van der Waals surface area contributed by atoms with E-state index in [0.717, 1.165) is 1.95 Å². The first kappa shape index (κ1) is 38.3. The number of aliphatic hydroxyl groups is 1. The summed E-state index contributed by atoms with van der Waals surface area (Å²) in [6.07, 6.45) is 16.3. The van der Waals surface area contributed by atoms with Crippen molar-refractivity contribution in [2.45, 2.75) is 180 Å². The summed E-state index contributed by atoms with van der Waals surface area (Å²) in [5.74, 6) is 3.93. The summed E-state index contributed by atoms with van der Waals surface area (Å²) >= 11 is -5.25. The van der Waals surface area contributed by atoms with Gasteiger partial charge in [-0.15, -0.1) is 0 Å². The van der Waals surface area contributed by atoms with Gasteiger partial charge in [-0.2, -0.15) is 0 Å². The minimum absolute atomic E-state index is 0.404. The van der Waals surface area contributed by atoms with Crippen molar-refractivity contribution in [2.75, 3.05) is 0 Å². The third-order valence-electron chi connectivity index (χ3n) is 9.11. The van der Waals surface area contributed by atoms with Crippen LogP contribution in [0.15, 0.2) is 0 Å². The van der Waals surface area contributed by atoms with Gasteiger partial charge in [0.25, 0.3) is 0 Å². The number of hydrogen-bond donors (Lipinski definition) is 1. The molecule has 0 aliphatic heterocycles. The van der Waals surface area contributed by atoms with E-state index in [1.807, 2.05) is 0 Å². The van der Waals surface area contributed by atoms with Crippen molar-refractivity contribution in [1.29, 1.82) is 0 Å². The summed E-state index contributed by atoms with van der Waals surface area (Å²) in [5, 5.41) is 11.8. The molecule has 0 saturated carbocycles. The quantitative estimate of drug-likeness (QED) is 0.0864. The van der Waals surface area contributed by atoms with E-state index in [4.69, 9.17) is 0 Å². The first-order chi connectivity index (χ1) is 17.5. The van der Waals surface area contributed by atoms with Crippen LogP contribution in [-0.4, -0.2) is 56.0 Å². The van der Waals surface area contributed by atoms with Crippen LogP contribution in [0.4, 0.5) is 0 Å². The molecule has 1 nitrogen and oxygen atoms in total. The second kappa shape index (κ2) is 21.1. The molecule has 0 aliphatic carbocycles. The van der Waals surface area contributed by atoms with E-state index in [2.05, 4.69) is 79.6 Å². The molecule has 0 rings (SSSR count). The van der Waals surface area contributed by atoms with Gasteiger partial charge >= 0.3 is 247 Å². The van der Waals surface area contributed by atoms with Crippen LogP contribution in [0.5, 0.6) is 0 Å². The molecule has 0 amide bonds. The Bertz CT molecular complexity index is 542. The van der Waals surface area contributed by atoms with E-state index in [9.17, 15) is 5.11 Å². The van der Waals surface area contributed by atoms with E-state index >= 15 is 0 Å². The molecule has 0 saturated heterocycles. The van der Waals surface area contributed by atoms with Crippen molar-refractivity contribution in [3.05, 3.63) is 0 Å². The van der Waals surface area contributed by atoms with Gasteiger partial charge in [-0.05, 0) is 0 Å². The van der Waals surface area contributed by atoms with E-state index in [1.54, 1.807) is 26.6 Å². The summed E-state index contributed by atoms with van der Waals surface area (Å²) < 4.78 is 10.5. The normalized spacial score (nSPS) is 14.5. The van der Waals surface area contributed by atoms with Gasteiger partial charge in [-0.25, -0.2) is 0 Å². The molecular weight excluding hydrogens is 678 g/mol. The van der Waals surface area contributed by atoms with Gasteiger partial charge in [-0.3, -0.25) is 0 Å². The van der Waals surface area contributed by atoms with Gasteiger partial charge < -0.3 is 0 Å². The van der Waals surface area contributed by atoms with E-state index in [1.165, 1.54) is 77.0 Å². The van der Waals surface area contributed by atoms with Crippen molar-refractivity contribution in [1.82, 2.24) is 0 Å². The number of hydrogen-bond acceptors (Lipinski definition) is 1. The number of aliphatic hydroxyl groups excluding tert-OH is 1. The molecule has 0 unspecified atom stereocenters.